The highest BCUT2D eigenvalue weighted by Crippen LogP contribution is 2.40. The Morgan fingerprint density at radius 2 is 1.75 bits per heavy atom. The van der Waals surface area contributed by atoms with Crippen molar-refractivity contribution in [2.45, 2.75) is 63.0 Å². The van der Waals surface area contributed by atoms with E-state index in [9.17, 15) is 18.0 Å². The number of fused-ring (bicyclic) bond motifs is 1. The fraction of sp³-hybridized carbons (Fsp3) is 0.565. The number of primary sulfonamides is 1. The van der Waals surface area contributed by atoms with Crippen molar-refractivity contribution in [1.29, 1.82) is 0 Å². The molecular weight excluding hydrogens is 428 g/mol. The first kappa shape index (κ1) is 22.8. The molecule has 2 aliphatic carbocycles. The molecule has 0 atom stereocenters. The normalized spacial score (nSPS) is 19.4. The lowest BCUT2D eigenvalue weighted by Crippen LogP contribution is -2.60. The van der Waals surface area contributed by atoms with Crippen LogP contribution in [-0.4, -0.2) is 43.1 Å². The number of carbonyl (C=O) groups excluding carboxylic acids is 2. The summed E-state index contributed by atoms with van der Waals surface area (Å²) in [6.45, 7) is 2.83. The van der Waals surface area contributed by atoms with Gasteiger partial charge >= 0.3 is 0 Å². The van der Waals surface area contributed by atoms with Gasteiger partial charge in [0.05, 0.1) is 6.42 Å². The molecule has 32 heavy (non-hydrogen) atoms. The first-order valence-electron chi connectivity index (χ1n) is 11.3. The average molecular weight is 461 g/mol. The van der Waals surface area contributed by atoms with Gasteiger partial charge in [0.2, 0.25) is 21.8 Å². The predicted molar refractivity (Wildman–Crippen MR) is 123 cm³/mol. The number of amides is 2. The molecule has 2 saturated carbocycles. The van der Waals surface area contributed by atoms with E-state index in [1.165, 1.54) is 0 Å². The molecule has 2 aromatic rings. The number of aromatic nitrogens is 1. The number of sulfonamides is 1. The van der Waals surface area contributed by atoms with Crippen LogP contribution in [0.5, 0.6) is 0 Å². The minimum absolute atomic E-state index is 0.0648. The third kappa shape index (κ3) is 4.15. The molecule has 0 unspecified atom stereocenters. The van der Waals surface area contributed by atoms with Crippen LogP contribution in [0.15, 0.2) is 24.4 Å². The zero-order valence-corrected chi connectivity index (χ0v) is 19.3. The van der Waals surface area contributed by atoms with Crippen molar-refractivity contribution < 1.29 is 18.0 Å². The minimum atomic E-state index is -3.95. The number of nitrogens with one attached hydrogen (secondary N) is 3. The van der Waals surface area contributed by atoms with Crippen molar-refractivity contribution in [1.82, 2.24) is 15.6 Å². The molecule has 2 fully saturated rings. The zero-order chi connectivity index (χ0) is 23.0. The van der Waals surface area contributed by atoms with Crippen LogP contribution in [-0.2, 0) is 26.0 Å². The van der Waals surface area contributed by atoms with Crippen molar-refractivity contribution >= 4 is 32.7 Å². The second-order valence-corrected chi connectivity index (χ2v) is 11.4. The lowest BCUT2D eigenvalue weighted by molar-refractivity contribution is -0.126. The quantitative estimate of drug-likeness (QED) is 0.479. The van der Waals surface area contributed by atoms with Gasteiger partial charge in [-0.15, -0.1) is 0 Å². The summed E-state index contributed by atoms with van der Waals surface area (Å²) in [4.78, 5) is 28.7. The van der Waals surface area contributed by atoms with E-state index in [-0.39, 0.29) is 30.6 Å². The van der Waals surface area contributed by atoms with E-state index in [2.05, 4.69) is 15.6 Å². The molecule has 0 spiro atoms. The molecule has 8 nitrogen and oxygen atoms in total. The fourth-order valence-corrected chi connectivity index (χ4v) is 6.33. The molecule has 1 aromatic heterocycles. The van der Waals surface area contributed by atoms with E-state index in [1.54, 1.807) is 0 Å². The first-order valence-corrected chi connectivity index (χ1v) is 12.8. The average Bonchev–Trinajstić information content (AvgIpc) is 3.32. The Balaban J connectivity index is 1.37. The number of aryl methyl sites for hydroxylation is 1. The highest BCUT2D eigenvalue weighted by molar-refractivity contribution is 7.91. The number of carbonyl (C=O) groups is 2. The SMILES string of the molecule is Cc1cccc2c(CC(=O)NCC3(CNC(=O)C4(S(N)(=O)=O)CCC4)CCCC3)c[nH]c12. The van der Waals surface area contributed by atoms with Gasteiger partial charge in [-0.1, -0.05) is 31.0 Å². The van der Waals surface area contributed by atoms with Crippen molar-refractivity contribution in [3.8, 4) is 0 Å². The molecule has 0 radical (unpaired) electrons. The lowest BCUT2D eigenvalue weighted by Gasteiger charge is -2.39. The molecule has 9 heteroatoms. The van der Waals surface area contributed by atoms with Gasteiger partial charge in [0.1, 0.15) is 0 Å². The summed E-state index contributed by atoms with van der Waals surface area (Å²) in [6, 6.07) is 6.03. The van der Waals surface area contributed by atoms with Crippen LogP contribution >= 0.6 is 0 Å². The van der Waals surface area contributed by atoms with Crippen LogP contribution in [0, 0.1) is 12.3 Å². The van der Waals surface area contributed by atoms with Gasteiger partial charge in [-0.05, 0) is 50.2 Å². The van der Waals surface area contributed by atoms with E-state index in [0.29, 0.717) is 19.5 Å². The van der Waals surface area contributed by atoms with Crippen molar-refractivity contribution in [3.05, 3.63) is 35.5 Å². The maximum absolute atomic E-state index is 12.7. The van der Waals surface area contributed by atoms with E-state index >= 15 is 0 Å². The standard InChI is InChI=1S/C23H32N4O4S/c1-16-6-4-7-18-17(13-25-20(16)18)12-19(28)26-14-22(8-2-3-9-22)15-27-21(29)23(10-5-11-23)32(24,30)31/h4,6-7,13,25H,2-3,5,8-12,14-15H2,1H3,(H,26,28)(H,27,29)(H2,24,30,31). The number of para-hydroxylation sites is 1. The smallest absolute Gasteiger partial charge is 0.242 e. The van der Waals surface area contributed by atoms with Gasteiger partial charge in [-0.3, -0.25) is 9.59 Å². The van der Waals surface area contributed by atoms with Crippen LogP contribution in [0.25, 0.3) is 10.9 Å². The number of hydrogen-bond donors (Lipinski definition) is 4. The summed E-state index contributed by atoms with van der Waals surface area (Å²) >= 11 is 0. The Hall–Kier alpha value is -2.39. The highest BCUT2D eigenvalue weighted by Gasteiger charge is 2.54. The van der Waals surface area contributed by atoms with Gasteiger partial charge in [-0.2, -0.15) is 0 Å². The van der Waals surface area contributed by atoms with Crippen molar-refractivity contribution in [3.63, 3.8) is 0 Å². The Labute approximate surface area is 188 Å². The molecule has 2 aliphatic rings. The summed E-state index contributed by atoms with van der Waals surface area (Å²) < 4.78 is 22.5. The van der Waals surface area contributed by atoms with Crippen LogP contribution in [0.3, 0.4) is 0 Å². The largest absolute Gasteiger partial charge is 0.361 e. The van der Waals surface area contributed by atoms with Gasteiger partial charge in [-0.25, -0.2) is 13.6 Å². The number of aromatic amines is 1. The summed E-state index contributed by atoms with van der Waals surface area (Å²) in [6.07, 6.45) is 7.18. The summed E-state index contributed by atoms with van der Waals surface area (Å²) in [5, 5.41) is 12.3. The maximum atomic E-state index is 12.7. The number of rotatable bonds is 8. The molecule has 1 heterocycles. The Bertz CT molecular complexity index is 1130. The van der Waals surface area contributed by atoms with Gasteiger partial charge < -0.3 is 15.6 Å². The third-order valence-corrected chi connectivity index (χ3v) is 9.11. The maximum Gasteiger partial charge on any atom is 0.242 e. The predicted octanol–water partition coefficient (Wildman–Crippen LogP) is 2.02. The second-order valence-electron chi connectivity index (χ2n) is 9.55. The van der Waals surface area contributed by atoms with Crippen LogP contribution < -0.4 is 15.8 Å². The van der Waals surface area contributed by atoms with E-state index in [4.69, 9.17) is 5.14 Å². The molecule has 2 amide bonds. The van der Waals surface area contributed by atoms with E-state index in [1.807, 2.05) is 31.3 Å². The minimum Gasteiger partial charge on any atom is -0.361 e. The summed E-state index contributed by atoms with van der Waals surface area (Å²) in [5.74, 6) is -0.567. The van der Waals surface area contributed by atoms with Gasteiger partial charge in [0.25, 0.3) is 0 Å². The number of nitrogens with two attached hydrogens (primary N) is 1. The van der Waals surface area contributed by atoms with Gasteiger partial charge in [0, 0.05) is 35.6 Å². The highest BCUT2D eigenvalue weighted by atomic mass is 32.2. The molecule has 5 N–H and O–H groups in total. The first-order chi connectivity index (χ1) is 15.2. The monoisotopic (exact) mass is 460 g/mol. The topological polar surface area (TPSA) is 134 Å². The number of H-pyrrole nitrogens is 1. The van der Waals surface area contributed by atoms with Crippen LogP contribution in [0.1, 0.15) is 56.1 Å². The lowest BCUT2D eigenvalue weighted by atomic mass is 9.82. The summed E-state index contributed by atoms with van der Waals surface area (Å²) in [7, 11) is -3.95. The third-order valence-electron chi connectivity index (χ3n) is 7.43. The molecule has 0 saturated heterocycles. The number of hydrogen-bond acceptors (Lipinski definition) is 4. The van der Waals surface area contributed by atoms with Crippen LogP contribution in [0.4, 0.5) is 0 Å². The Morgan fingerprint density at radius 1 is 1.06 bits per heavy atom. The molecule has 1 aromatic carbocycles. The molecule has 0 bridgehead atoms. The Kier molecular flexibility index (Phi) is 6.06. The Morgan fingerprint density at radius 3 is 2.38 bits per heavy atom. The van der Waals surface area contributed by atoms with Crippen molar-refractivity contribution in [2.24, 2.45) is 10.6 Å². The van der Waals surface area contributed by atoms with Crippen LogP contribution in [0.2, 0.25) is 0 Å². The van der Waals surface area contributed by atoms with E-state index < -0.39 is 20.7 Å². The number of benzene rings is 1. The molecule has 0 aliphatic heterocycles. The zero-order valence-electron chi connectivity index (χ0n) is 18.5. The molecule has 174 valence electrons. The van der Waals surface area contributed by atoms with Crippen molar-refractivity contribution in [2.75, 3.05) is 13.1 Å². The molecular formula is C23H32N4O4S. The van der Waals surface area contributed by atoms with Gasteiger partial charge in [0.15, 0.2) is 4.75 Å². The fourth-order valence-electron chi connectivity index (χ4n) is 5.14. The van der Waals surface area contributed by atoms with E-state index in [0.717, 1.165) is 47.7 Å². The second kappa shape index (κ2) is 8.51. The molecule has 4 rings (SSSR count). The summed E-state index contributed by atoms with van der Waals surface area (Å²) in [5.41, 5.74) is 2.88.